The van der Waals surface area contributed by atoms with E-state index in [4.69, 9.17) is 19.3 Å². The second kappa shape index (κ2) is 11.1. The molecule has 1 aliphatic heterocycles. The van der Waals surface area contributed by atoms with Crippen molar-refractivity contribution in [3.05, 3.63) is 76.2 Å². The average molecular weight is 483 g/mol. The van der Waals surface area contributed by atoms with Crippen LogP contribution < -0.4 is 4.74 Å². The molecular weight excluding hydrogens is 456 g/mol. The summed E-state index contributed by atoms with van der Waals surface area (Å²) in [4.78, 5) is 13.0. The number of aliphatic hydroxyl groups excluding tert-OH is 1. The van der Waals surface area contributed by atoms with E-state index in [9.17, 15) is 9.90 Å². The van der Waals surface area contributed by atoms with Gasteiger partial charge in [-0.15, -0.1) is 11.3 Å². The van der Waals surface area contributed by atoms with Crippen LogP contribution in [0.15, 0.2) is 54.6 Å². The second-order valence-electron chi connectivity index (χ2n) is 7.57. The van der Waals surface area contributed by atoms with Crippen molar-refractivity contribution in [1.82, 2.24) is 0 Å². The first kappa shape index (κ1) is 25.2. The van der Waals surface area contributed by atoms with Crippen molar-refractivity contribution in [1.29, 1.82) is 0 Å². The van der Waals surface area contributed by atoms with Crippen LogP contribution in [-0.2, 0) is 33.1 Å². The van der Waals surface area contributed by atoms with Crippen LogP contribution in [0.1, 0.15) is 24.4 Å². The Morgan fingerprint density at radius 3 is 2.53 bits per heavy atom. The monoisotopic (exact) mass is 482 g/mol. The maximum absolute atomic E-state index is 10.8. The molecule has 2 aromatic carbocycles. The zero-order chi connectivity index (χ0) is 21.8. The van der Waals surface area contributed by atoms with E-state index in [1.165, 1.54) is 0 Å². The van der Waals surface area contributed by atoms with Gasteiger partial charge in [0.1, 0.15) is 24.6 Å². The van der Waals surface area contributed by atoms with Gasteiger partial charge in [0.2, 0.25) is 0 Å². The Morgan fingerprint density at radius 1 is 1.19 bits per heavy atom. The first-order chi connectivity index (χ1) is 15.0. The molecule has 6 nitrogen and oxygen atoms in total. The average Bonchev–Trinajstić information content (AvgIpc) is 3.13. The molecule has 32 heavy (non-hydrogen) atoms. The van der Waals surface area contributed by atoms with Crippen molar-refractivity contribution < 1.29 is 32.1 Å². The zero-order valence-electron chi connectivity index (χ0n) is 19.9. The smallest absolute Gasteiger partial charge is 1.00 e. The molecule has 0 aliphatic carbocycles. The second-order valence-corrected chi connectivity index (χ2v) is 8.70. The molecule has 0 radical (unpaired) electrons. The van der Waals surface area contributed by atoms with E-state index < -0.39 is 11.6 Å². The number of ether oxygens (including phenoxy) is 3. The number of thiophene rings is 1. The van der Waals surface area contributed by atoms with Crippen LogP contribution in [-0.4, -0.2) is 73.7 Å². The molecule has 1 aliphatic rings. The Balaban J connectivity index is 0.00000193. The van der Waals surface area contributed by atoms with Gasteiger partial charge in [-0.3, -0.25) is 0 Å². The molecule has 0 amide bonds. The predicted molar refractivity (Wildman–Crippen MR) is 125 cm³/mol. The number of carboxylic acids is 1. The molecule has 8 heteroatoms. The fourth-order valence-corrected chi connectivity index (χ4v) is 4.58. The molecule has 2 N–H and O–H groups in total. The number of carbonyl (C=O) groups is 1. The van der Waals surface area contributed by atoms with E-state index in [2.05, 4.69) is 19.1 Å². The van der Waals surface area contributed by atoms with Crippen molar-refractivity contribution in [3.63, 3.8) is 0 Å². The summed E-state index contributed by atoms with van der Waals surface area (Å²) in [5.74, 6) is -0.281. The number of aryl methyl sites for hydroxylation is 1. The van der Waals surface area contributed by atoms with Crippen LogP contribution in [0.5, 0.6) is 5.75 Å². The van der Waals surface area contributed by atoms with Gasteiger partial charge in [0.15, 0.2) is 0 Å². The minimum Gasteiger partial charge on any atom is -1.00 e. The van der Waals surface area contributed by atoms with Crippen LogP contribution in [0.25, 0.3) is 10.4 Å². The molecule has 0 unspecified atom stereocenters. The Kier molecular flexibility index (Phi) is 8.75. The SMILES string of the molecule is Cc1cc(CO)sc1-c1cccc(COc2ccc(C3(OCC(=O)O)COC3)cc2)c1.[Ca+2].[H-].[H-]. The summed E-state index contributed by atoms with van der Waals surface area (Å²) in [5.41, 5.74) is 3.50. The molecule has 1 aromatic heterocycles. The molecule has 166 valence electrons. The van der Waals surface area contributed by atoms with Crippen molar-refractivity contribution in [3.8, 4) is 16.2 Å². The molecule has 0 bridgehead atoms. The van der Waals surface area contributed by atoms with E-state index in [-0.39, 0.29) is 53.8 Å². The number of benzene rings is 2. The number of aliphatic hydroxyl groups is 1. The summed E-state index contributed by atoms with van der Waals surface area (Å²) in [7, 11) is 0. The summed E-state index contributed by atoms with van der Waals surface area (Å²) in [6, 6.07) is 17.7. The van der Waals surface area contributed by atoms with E-state index in [1.54, 1.807) is 11.3 Å². The van der Waals surface area contributed by atoms with Crippen molar-refractivity contribution in [2.75, 3.05) is 19.8 Å². The number of aliphatic carboxylic acids is 1. The summed E-state index contributed by atoms with van der Waals surface area (Å²) in [5, 5.41) is 18.3. The number of hydrogen-bond acceptors (Lipinski definition) is 6. The minimum absolute atomic E-state index is 0. The normalized spacial score (nSPS) is 14.3. The van der Waals surface area contributed by atoms with Gasteiger partial charge in [0, 0.05) is 9.75 Å². The van der Waals surface area contributed by atoms with Gasteiger partial charge < -0.3 is 27.3 Å². The quantitative estimate of drug-likeness (QED) is 0.449. The largest absolute Gasteiger partial charge is 2.00 e. The summed E-state index contributed by atoms with van der Waals surface area (Å²) >= 11 is 1.60. The Bertz CT molecular complexity index is 1070. The van der Waals surface area contributed by atoms with Gasteiger partial charge in [-0.1, -0.05) is 30.3 Å². The molecule has 0 atom stereocenters. The topological polar surface area (TPSA) is 85.2 Å². The molecule has 3 aromatic rings. The minimum atomic E-state index is -1.00. The first-order valence-corrected chi connectivity index (χ1v) is 10.8. The van der Waals surface area contributed by atoms with Crippen LogP contribution in [0.2, 0.25) is 0 Å². The van der Waals surface area contributed by atoms with Crippen LogP contribution in [0.3, 0.4) is 0 Å². The van der Waals surface area contributed by atoms with E-state index in [0.717, 1.165) is 37.8 Å². The fraction of sp³-hybridized carbons (Fsp3) is 0.292. The molecular formula is C24H26CaO6S. The third-order valence-corrected chi connectivity index (χ3v) is 6.51. The fourth-order valence-electron chi connectivity index (χ4n) is 3.56. The molecule has 2 heterocycles. The van der Waals surface area contributed by atoms with Gasteiger partial charge in [0.05, 0.1) is 19.8 Å². The molecule has 0 saturated carbocycles. The Hall–Kier alpha value is -1.45. The Morgan fingerprint density at radius 2 is 1.94 bits per heavy atom. The van der Waals surface area contributed by atoms with Gasteiger partial charge in [-0.25, -0.2) is 4.79 Å². The Labute approximate surface area is 223 Å². The molecule has 1 saturated heterocycles. The first-order valence-electron chi connectivity index (χ1n) is 9.95. The summed E-state index contributed by atoms with van der Waals surface area (Å²) < 4.78 is 16.8. The number of carboxylic acid groups (broad SMARTS) is 1. The van der Waals surface area contributed by atoms with Crippen molar-refractivity contribution >= 4 is 55.0 Å². The molecule has 0 spiro atoms. The van der Waals surface area contributed by atoms with Crippen LogP contribution >= 0.6 is 11.3 Å². The van der Waals surface area contributed by atoms with Crippen molar-refractivity contribution in [2.24, 2.45) is 0 Å². The van der Waals surface area contributed by atoms with Crippen molar-refractivity contribution in [2.45, 2.75) is 25.7 Å². The van der Waals surface area contributed by atoms with Gasteiger partial charge in [-0.2, -0.15) is 0 Å². The van der Waals surface area contributed by atoms with E-state index in [1.807, 2.05) is 42.5 Å². The van der Waals surface area contributed by atoms with Gasteiger partial charge in [0.25, 0.3) is 0 Å². The summed E-state index contributed by atoms with van der Waals surface area (Å²) in [6.45, 7) is 2.85. The van der Waals surface area contributed by atoms with E-state index >= 15 is 0 Å². The number of hydrogen-bond donors (Lipinski definition) is 2. The van der Waals surface area contributed by atoms with Crippen LogP contribution in [0, 0.1) is 6.92 Å². The zero-order valence-corrected chi connectivity index (χ0v) is 20.9. The third kappa shape index (κ3) is 5.72. The van der Waals surface area contributed by atoms with Crippen LogP contribution in [0.4, 0.5) is 0 Å². The predicted octanol–water partition coefficient (Wildman–Crippen LogP) is 3.97. The maximum Gasteiger partial charge on any atom is 2.00 e. The number of rotatable bonds is 9. The van der Waals surface area contributed by atoms with E-state index in [0.29, 0.717) is 19.8 Å². The third-order valence-electron chi connectivity index (χ3n) is 5.24. The standard InChI is InChI=1S/C24H24O6S.Ca.2H/c1-16-9-21(11-25)31-23(16)18-4-2-3-17(10-18)12-29-20-7-5-19(6-8-20)24(14-28-15-24)30-13-22(26)27;;;/h2-10,25H,11-15H2,1H3,(H,26,27);;;/q;+2;2*-1. The molecule has 1 fully saturated rings. The molecule has 4 rings (SSSR count). The summed E-state index contributed by atoms with van der Waals surface area (Å²) in [6.07, 6.45) is 0. The van der Waals surface area contributed by atoms with Gasteiger partial charge in [-0.05, 0) is 53.4 Å². The van der Waals surface area contributed by atoms with Gasteiger partial charge >= 0.3 is 43.7 Å². The maximum atomic E-state index is 10.8.